The zero-order chi connectivity index (χ0) is 21.2. The van der Waals surface area contributed by atoms with Crippen molar-refractivity contribution in [2.75, 3.05) is 36.5 Å². The Balaban J connectivity index is 1.46. The van der Waals surface area contributed by atoms with Crippen LogP contribution >= 0.6 is 0 Å². The van der Waals surface area contributed by atoms with Crippen molar-refractivity contribution < 1.29 is 9.53 Å². The van der Waals surface area contributed by atoms with Crippen LogP contribution in [-0.4, -0.2) is 52.0 Å². The van der Waals surface area contributed by atoms with Crippen LogP contribution in [0.3, 0.4) is 0 Å². The van der Waals surface area contributed by atoms with Gasteiger partial charge in [-0.25, -0.2) is 4.68 Å². The molecule has 8 heteroatoms. The van der Waals surface area contributed by atoms with Crippen LogP contribution in [0.25, 0.3) is 17.1 Å². The Morgan fingerprint density at radius 2 is 1.94 bits per heavy atom. The van der Waals surface area contributed by atoms with Gasteiger partial charge in [0.2, 0.25) is 11.9 Å². The van der Waals surface area contributed by atoms with E-state index < -0.39 is 0 Å². The van der Waals surface area contributed by atoms with Gasteiger partial charge in [-0.15, -0.1) is 0 Å². The molecule has 2 aromatic heterocycles. The number of morpholine rings is 1. The van der Waals surface area contributed by atoms with E-state index in [0.717, 1.165) is 43.0 Å². The number of carbonyl (C=O) groups is 1. The van der Waals surface area contributed by atoms with Crippen LogP contribution in [-0.2, 0) is 9.53 Å². The van der Waals surface area contributed by atoms with Crippen LogP contribution in [0.2, 0.25) is 0 Å². The Kier molecular flexibility index (Phi) is 5.38. The minimum absolute atomic E-state index is 0.0338. The average Bonchev–Trinajstić information content (AvgIpc) is 3.45. The number of aryl methyl sites for hydroxylation is 1. The summed E-state index contributed by atoms with van der Waals surface area (Å²) in [5.74, 6) is 2.18. The highest BCUT2D eigenvalue weighted by Crippen LogP contribution is 2.32. The fourth-order valence-corrected chi connectivity index (χ4v) is 3.72. The maximum absolute atomic E-state index is 12.4. The molecular weight excluding hydrogens is 392 g/mol. The standard InChI is InChI=1S/C23H26N6O2/c1-16-3-2-4-18(13-16)19-7-8-29(27-19)21-15-20(28-9-11-31-12-10-28)24-23(25-21)26-22(30)14-17-5-6-17/h2-4,7-8,13,15,17H,5-6,9-12,14H2,1H3,(H,24,25,26,30). The summed E-state index contributed by atoms with van der Waals surface area (Å²) in [5.41, 5.74) is 3.11. The summed E-state index contributed by atoms with van der Waals surface area (Å²) in [6.45, 7) is 4.87. The topological polar surface area (TPSA) is 85.2 Å². The SMILES string of the molecule is Cc1cccc(-c2ccn(-c3cc(N4CCOCC4)nc(NC(=O)CC4CC4)n3)n2)c1. The van der Waals surface area contributed by atoms with Gasteiger partial charge in [0.25, 0.3) is 0 Å². The summed E-state index contributed by atoms with van der Waals surface area (Å²) < 4.78 is 7.21. The lowest BCUT2D eigenvalue weighted by atomic mass is 10.1. The van der Waals surface area contributed by atoms with E-state index in [9.17, 15) is 4.79 Å². The largest absolute Gasteiger partial charge is 0.378 e. The maximum atomic E-state index is 12.4. The van der Waals surface area contributed by atoms with Crippen molar-refractivity contribution in [2.45, 2.75) is 26.2 Å². The van der Waals surface area contributed by atoms with Crippen LogP contribution in [0.5, 0.6) is 0 Å². The normalized spacial score (nSPS) is 16.4. The van der Waals surface area contributed by atoms with Crippen molar-refractivity contribution in [3.63, 3.8) is 0 Å². The molecule has 2 aliphatic rings. The second kappa shape index (κ2) is 8.47. The van der Waals surface area contributed by atoms with Crippen molar-refractivity contribution in [1.82, 2.24) is 19.7 Å². The average molecular weight is 419 g/mol. The van der Waals surface area contributed by atoms with Crippen LogP contribution in [0.4, 0.5) is 11.8 Å². The number of nitrogens with zero attached hydrogens (tertiary/aromatic N) is 5. The second-order valence-corrected chi connectivity index (χ2v) is 8.22. The van der Waals surface area contributed by atoms with Gasteiger partial charge in [0.15, 0.2) is 5.82 Å². The molecule has 1 amide bonds. The molecule has 0 spiro atoms. The molecule has 160 valence electrons. The van der Waals surface area contributed by atoms with E-state index in [-0.39, 0.29) is 5.91 Å². The Labute approximate surface area is 181 Å². The van der Waals surface area contributed by atoms with Gasteiger partial charge in [-0.3, -0.25) is 10.1 Å². The van der Waals surface area contributed by atoms with Crippen LogP contribution in [0, 0.1) is 12.8 Å². The van der Waals surface area contributed by atoms with Gasteiger partial charge in [0, 0.05) is 37.3 Å². The van der Waals surface area contributed by atoms with E-state index in [4.69, 9.17) is 9.84 Å². The molecule has 1 N–H and O–H groups in total. The molecule has 0 bridgehead atoms. The van der Waals surface area contributed by atoms with Crippen LogP contribution in [0.15, 0.2) is 42.6 Å². The van der Waals surface area contributed by atoms with Gasteiger partial charge in [0.1, 0.15) is 5.82 Å². The predicted octanol–water partition coefficient (Wildman–Crippen LogP) is 3.21. The first-order valence-corrected chi connectivity index (χ1v) is 10.8. The molecule has 31 heavy (non-hydrogen) atoms. The first-order valence-electron chi connectivity index (χ1n) is 10.8. The molecular formula is C23H26N6O2. The van der Waals surface area contributed by atoms with Gasteiger partial charge < -0.3 is 9.64 Å². The smallest absolute Gasteiger partial charge is 0.233 e. The number of aromatic nitrogens is 4. The lowest BCUT2D eigenvalue weighted by Gasteiger charge is -2.28. The molecule has 3 aromatic rings. The quantitative estimate of drug-likeness (QED) is 0.662. The van der Waals surface area contributed by atoms with Gasteiger partial charge >= 0.3 is 0 Å². The molecule has 1 saturated carbocycles. The Morgan fingerprint density at radius 1 is 1.13 bits per heavy atom. The van der Waals surface area contributed by atoms with Crippen molar-refractivity contribution in [2.24, 2.45) is 5.92 Å². The first kappa shape index (κ1) is 19.7. The van der Waals surface area contributed by atoms with Gasteiger partial charge in [0.05, 0.1) is 18.9 Å². The number of hydrogen-bond donors (Lipinski definition) is 1. The maximum Gasteiger partial charge on any atom is 0.233 e. The van der Waals surface area contributed by atoms with Gasteiger partial charge in [-0.05, 0) is 37.8 Å². The third-order valence-electron chi connectivity index (χ3n) is 5.59. The van der Waals surface area contributed by atoms with Crippen LogP contribution in [0.1, 0.15) is 24.8 Å². The Morgan fingerprint density at radius 3 is 2.71 bits per heavy atom. The Bertz CT molecular complexity index is 1090. The fourth-order valence-electron chi connectivity index (χ4n) is 3.72. The first-order chi connectivity index (χ1) is 15.1. The number of anilines is 2. The van der Waals surface area contributed by atoms with Gasteiger partial charge in [-0.2, -0.15) is 15.1 Å². The van der Waals surface area contributed by atoms with E-state index >= 15 is 0 Å². The highest BCUT2D eigenvalue weighted by Gasteiger charge is 2.25. The lowest BCUT2D eigenvalue weighted by Crippen LogP contribution is -2.37. The van der Waals surface area contributed by atoms with E-state index in [2.05, 4.69) is 39.2 Å². The summed E-state index contributed by atoms with van der Waals surface area (Å²) in [7, 11) is 0. The van der Waals surface area contributed by atoms with Crippen molar-refractivity contribution >= 4 is 17.7 Å². The minimum atomic E-state index is -0.0338. The number of benzene rings is 1. The number of hydrogen-bond acceptors (Lipinski definition) is 6. The zero-order valence-corrected chi connectivity index (χ0v) is 17.6. The van der Waals surface area contributed by atoms with E-state index in [1.54, 1.807) is 4.68 Å². The molecule has 5 rings (SSSR count). The summed E-state index contributed by atoms with van der Waals surface area (Å²) >= 11 is 0. The fraction of sp³-hybridized carbons (Fsp3) is 0.391. The third kappa shape index (κ3) is 4.74. The number of ether oxygens (including phenoxy) is 1. The molecule has 1 aliphatic heterocycles. The van der Waals surface area contributed by atoms with E-state index in [0.29, 0.717) is 37.3 Å². The predicted molar refractivity (Wildman–Crippen MR) is 118 cm³/mol. The molecule has 0 unspecified atom stereocenters. The lowest BCUT2D eigenvalue weighted by molar-refractivity contribution is -0.116. The van der Waals surface area contributed by atoms with Crippen molar-refractivity contribution in [3.8, 4) is 17.1 Å². The summed E-state index contributed by atoms with van der Waals surface area (Å²) in [6.07, 6.45) is 4.67. The molecule has 0 radical (unpaired) electrons. The number of nitrogens with one attached hydrogen (secondary N) is 1. The Hall–Kier alpha value is -3.26. The molecule has 1 aromatic carbocycles. The number of rotatable bonds is 6. The van der Waals surface area contributed by atoms with Crippen molar-refractivity contribution in [3.05, 3.63) is 48.2 Å². The third-order valence-corrected chi connectivity index (χ3v) is 5.59. The highest BCUT2D eigenvalue weighted by molar-refractivity contribution is 5.89. The summed E-state index contributed by atoms with van der Waals surface area (Å²) in [5, 5.41) is 7.62. The van der Waals surface area contributed by atoms with E-state index in [1.807, 2.05) is 30.5 Å². The second-order valence-electron chi connectivity index (χ2n) is 8.22. The van der Waals surface area contributed by atoms with Crippen molar-refractivity contribution in [1.29, 1.82) is 0 Å². The molecule has 3 heterocycles. The number of carbonyl (C=O) groups excluding carboxylic acids is 1. The summed E-state index contributed by atoms with van der Waals surface area (Å²) in [4.78, 5) is 23.7. The molecule has 0 atom stereocenters. The monoisotopic (exact) mass is 418 g/mol. The van der Waals surface area contributed by atoms with E-state index in [1.165, 1.54) is 5.56 Å². The molecule has 1 aliphatic carbocycles. The molecule has 8 nitrogen and oxygen atoms in total. The molecule has 1 saturated heterocycles. The van der Waals surface area contributed by atoms with Crippen LogP contribution < -0.4 is 10.2 Å². The number of amides is 1. The highest BCUT2D eigenvalue weighted by atomic mass is 16.5. The zero-order valence-electron chi connectivity index (χ0n) is 17.6. The summed E-state index contributed by atoms with van der Waals surface area (Å²) in [6, 6.07) is 12.1. The minimum Gasteiger partial charge on any atom is -0.378 e. The van der Waals surface area contributed by atoms with Gasteiger partial charge in [-0.1, -0.05) is 23.8 Å². The molecule has 2 fully saturated rings.